The Morgan fingerprint density at radius 1 is 0.299 bits per heavy atom. The van der Waals surface area contributed by atoms with Crippen LogP contribution >= 0.6 is 0 Å². The molecule has 2 unspecified atom stereocenters. The zero-order valence-corrected chi connectivity index (χ0v) is 92.6. The smallest absolute Gasteiger partial charge is 0.316 e. The third-order valence-corrected chi connectivity index (χ3v) is 25.9. The zero-order valence-electron chi connectivity index (χ0n) is 92.6. The van der Waals surface area contributed by atoms with Crippen molar-refractivity contribution in [2.75, 3.05) is 98.7 Å². The third kappa shape index (κ3) is 53.6. The average molecular weight is 1970 g/mol. The second-order valence-corrected chi connectivity index (χ2v) is 51.7. The van der Waals surface area contributed by atoms with E-state index in [0.29, 0.717) is 75.2 Å². The van der Waals surface area contributed by atoms with Gasteiger partial charge in [-0.2, -0.15) is 0 Å². The second-order valence-electron chi connectivity index (χ2n) is 51.7. The minimum atomic E-state index is -2.74. The van der Waals surface area contributed by atoms with Gasteiger partial charge in [0, 0.05) is 152 Å². The summed E-state index contributed by atoms with van der Waals surface area (Å²) in [5.74, 6) is -12.8. The van der Waals surface area contributed by atoms with E-state index in [1.165, 1.54) is 50.2 Å². The van der Waals surface area contributed by atoms with Gasteiger partial charge in [-0.25, -0.2) is 77.0 Å². The molecule has 12 nitrogen and oxygen atoms in total. The highest BCUT2D eigenvalue weighted by Gasteiger charge is 2.49. The Morgan fingerprint density at radius 3 is 0.818 bits per heavy atom. The lowest BCUT2D eigenvalue weighted by molar-refractivity contribution is -0.160. The van der Waals surface area contributed by atoms with Gasteiger partial charge in [-0.05, 0) is 321 Å². The lowest BCUT2D eigenvalue weighted by Gasteiger charge is -2.49. The molecule has 804 valence electrons. The zero-order chi connectivity index (χ0) is 105. The Balaban J connectivity index is -0.00000144. The number of piperidine rings is 4. The maximum Gasteiger partial charge on any atom is 0.316 e. The molecule has 2 aromatic carbocycles. The van der Waals surface area contributed by atoms with E-state index >= 15 is 0 Å². The quantitative estimate of drug-likeness (QED) is 0.178. The fraction of sp³-hybridized carbons (Fsp3) is 0.821. The maximum absolute atomic E-state index is 13.6. The summed E-state index contributed by atoms with van der Waals surface area (Å²) < 4.78 is 173. The molecule has 0 saturated carbocycles. The van der Waals surface area contributed by atoms with Crippen molar-refractivity contribution in [2.24, 2.45) is 17.3 Å². The van der Waals surface area contributed by atoms with Crippen molar-refractivity contribution in [3.8, 4) is 6.01 Å². The molecular weight excluding hydrogens is 1760 g/mol. The molecule has 2 aromatic heterocycles. The first-order valence-electron chi connectivity index (χ1n) is 49.0. The molecule has 7 fully saturated rings. The summed E-state index contributed by atoms with van der Waals surface area (Å²) in [6.45, 7) is 95.6. The van der Waals surface area contributed by atoms with E-state index < -0.39 is 58.5 Å². The van der Waals surface area contributed by atoms with Gasteiger partial charge in [-0.1, -0.05) is 168 Å². The molecular formula is C112H204F13N11O. The van der Waals surface area contributed by atoms with Crippen LogP contribution < -0.4 is 4.74 Å². The number of aromatic nitrogens is 4. The minimum absolute atomic E-state index is 0. The number of methoxy groups -OCH3 is 1. The second kappa shape index (κ2) is 52.3. The van der Waals surface area contributed by atoms with Crippen LogP contribution in [-0.4, -0.2) is 227 Å². The van der Waals surface area contributed by atoms with Gasteiger partial charge in [0.1, 0.15) is 22.8 Å². The van der Waals surface area contributed by atoms with Crippen molar-refractivity contribution in [1.29, 1.82) is 0 Å². The highest BCUT2D eigenvalue weighted by molar-refractivity contribution is 5.31. The van der Waals surface area contributed by atoms with Crippen molar-refractivity contribution >= 4 is 0 Å². The topological polar surface area (TPSA) is 83.5 Å². The van der Waals surface area contributed by atoms with Crippen molar-refractivity contribution < 1.29 is 61.8 Å². The first kappa shape index (κ1) is 136. The predicted octanol–water partition coefficient (Wildman–Crippen LogP) is 31.6. The van der Waals surface area contributed by atoms with Gasteiger partial charge in [0.05, 0.1) is 20.2 Å². The molecule has 7 aliphatic heterocycles. The third-order valence-electron chi connectivity index (χ3n) is 25.9. The number of nitrogens with zero attached hydrogens (tertiary/aromatic N) is 11. The van der Waals surface area contributed by atoms with Crippen LogP contribution in [0.15, 0.2) is 73.3 Å². The molecule has 2 atom stereocenters. The van der Waals surface area contributed by atoms with Crippen LogP contribution in [0.3, 0.4) is 0 Å². The van der Waals surface area contributed by atoms with Gasteiger partial charge in [0.25, 0.3) is 23.7 Å². The lowest BCUT2D eigenvalue weighted by atomic mass is 9.81. The molecule has 0 N–H and O–H groups in total. The lowest BCUT2D eigenvalue weighted by Crippen LogP contribution is -2.62. The number of alkyl halides is 13. The summed E-state index contributed by atoms with van der Waals surface area (Å²) >= 11 is 0. The molecule has 25 heteroatoms. The normalized spacial score (nSPS) is 21.0. The first-order valence-corrected chi connectivity index (χ1v) is 49.0. The number of aryl methyl sites for hydroxylation is 1. The molecule has 0 bridgehead atoms. The summed E-state index contributed by atoms with van der Waals surface area (Å²) in [7, 11) is 1.56. The molecule has 4 aromatic rings. The fourth-order valence-corrected chi connectivity index (χ4v) is 15.2. The fourth-order valence-electron chi connectivity index (χ4n) is 15.2. The number of hydrogen-bond acceptors (Lipinski definition) is 12. The highest BCUT2D eigenvalue weighted by Crippen LogP contribution is 2.41. The molecule has 7 saturated heterocycles. The monoisotopic (exact) mass is 1970 g/mol. The van der Waals surface area contributed by atoms with Crippen LogP contribution in [0.2, 0.25) is 0 Å². The van der Waals surface area contributed by atoms with Crippen LogP contribution in [0.5, 0.6) is 6.01 Å². The van der Waals surface area contributed by atoms with Crippen LogP contribution in [0.1, 0.15) is 410 Å². The molecule has 7 aliphatic rings. The number of ether oxygens (including phenoxy) is 1. The van der Waals surface area contributed by atoms with Crippen molar-refractivity contribution in [1.82, 2.24) is 54.2 Å². The van der Waals surface area contributed by atoms with E-state index in [9.17, 15) is 57.1 Å². The SMILES string of the molecule is C.C.C.CC(C)(C)N1CC(F)(F)C1.CC(C)(C)c1ccc(C(C)(F)F)cc1.CC(C)(C)c1ccc(C(C)(F)F)cc1.CC(F)(F)C1CCN(C(C)(C)C)CC1.CC(F)(F)C1CN(C(C)(C)C)C1.CC1(C)CCN(C(C)(C)C)CC1.CC1(F)CCCN(C(C)(C)C)C1.CC1(F)CCN(C(C)(C)C)C1.CC1(F)CCN(C(C)(C)C)CC1.COc1ncc(C(C)(C)C)cn1.Cc1cnc(C(C)(C)C)nc1. The van der Waals surface area contributed by atoms with Gasteiger partial charge in [-0.15, -0.1) is 0 Å². The number of hydrogen-bond donors (Lipinski definition) is 0. The molecule has 9 heterocycles. The van der Waals surface area contributed by atoms with Crippen molar-refractivity contribution in [3.05, 3.63) is 113 Å². The average Bonchev–Trinajstić information content (AvgIpc) is 0.841. The van der Waals surface area contributed by atoms with E-state index in [-0.39, 0.29) is 101 Å². The molecule has 0 amide bonds. The number of halogens is 13. The minimum Gasteiger partial charge on any atom is -0.467 e. The highest BCUT2D eigenvalue weighted by atomic mass is 19.3. The Bertz CT molecular complexity index is 3700. The van der Waals surface area contributed by atoms with Gasteiger partial charge in [0.2, 0.25) is 5.92 Å². The van der Waals surface area contributed by atoms with E-state index in [1.807, 2.05) is 40.1 Å². The summed E-state index contributed by atoms with van der Waals surface area (Å²) in [5, 5.41) is 0. The van der Waals surface area contributed by atoms with Crippen LogP contribution in [-0.2, 0) is 33.5 Å². The Morgan fingerprint density at radius 2 is 0.577 bits per heavy atom. The summed E-state index contributed by atoms with van der Waals surface area (Å²) in [4.78, 5) is 32.1. The van der Waals surface area contributed by atoms with Crippen LogP contribution in [0, 0.1) is 24.2 Å². The standard InChI is InChI=1S/2C12H16F2.C11H21F2N.C11H23N.2C10H20FN.C9H17F2N.C9H18FN.C9H14N2O.C9H14N2.C7H13F2N.3CH4/c2*1-11(2,3)9-5-7-10(8-6-9)12(4,13)14;1-10(2,3)14-7-5-9(6-8-14)11(4,12)13;1-10(2,3)12-8-6-11(4,5)7-9-12;1-9(2,3)12-7-5-10(4,11)6-8-12;1-9(2,3)12-7-5-6-10(4,11)8-12;1-8(2,3)12-5-7(6-12)9(4,10)11;1-8(2,3)11-6-5-9(4,10)7-11;1-9(2,3)7-5-10-8(12-4)11-6-7;1-7-5-10-8(11-6-7)9(2,3)4;1-6(2,3)10-4-7(8,9)5-10;;;/h2*5-8H,1-4H3;9H,5-8H2,1-4H3;6-9H2,1-5H3;2*5-8H2,1-4H3;7H,5-6H2,1-4H3;5-7H2,1-4H3;5-6H,1-4H3;5-6H,1-4H3;4-5H2,1-3H3;3*1H4. The van der Waals surface area contributed by atoms with Gasteiger partial charge in [-0.3, -0.25) is 34.3 Å². The van der Waals surface area contributed by atoms with Crippen LogP contribution in [0.25, 0.3) is 0 Å². The van der Waals surface area contributed by atoms with E-state index in [0.717, 1.165) is 108 Å². The van der Waals surface area contributed by atoms with Crippen molar-refractivity contribution in [2.45, 2.75) is 485 Å². The Kier molecular flexibility index (Phi) is 52.1. The van der Waals surface area contributed by atoms with Gasteiger partial charge in [0.15, 0.2) is 0 Å². The Hall–Kier alpha value is -4.79. The number of likely N-dealkylation sites (tertiary alicyclic amines) is 7. The molecule has 0 radical (unpaired) electrons. The van der Waals surface area contributed by atoms with Gasteiger partial charge < -0.3 is 4.74 Å². The summed E-state index contributed by atoms with van der Waals surface area (Å²) in [6, 6.07) is 13.5. The molecule has 11 rings (SSSR count). The number of rotatable bonds is 5. The van der Waals surface area contributed by atoms with E-state index in [2.05, 4.69) is 271 Å². The summed E-state index contributed by atoms with van der Waals surface area (Å²) in [5.41, 5.74) is 3.36. The van der Waals surface area contributed by atoms with Gasteiger partial charge >= 0.3 is 6.01 Å². The molecule has 137 heavy (non-hydrogen) atoms. The number of benzene rings is 2. The van der Waals surface area contributed by atoms with E-state index in [1.54, 1.807) is 69.4 Å². The predicted molar refractivity (Wildman–Crippen MR) is 559 cm³/mol. The van der Waals surface area contributed by atoms with Crippen LogP contribution in [0.4, 0.5) is 57.1 Å². The van der Waals surface area contributed by atoms with Crippen molar-refractivity contribution in [3.63, 3.8) is 0 Å². The maximum atomic E-state index is 13.6. The van der Waals surface area contributed by atoms with E-state index in [4.69, 9.17) is 4.74 Å². The first-order chi connectivity index (χ1) is 59.4. The molecule has 0 aliphatic carbocycles. The Labute approximate surface area is 831 Å². The summed E-state index contributed by atoms with van der Waals surface area (Å²) in [6.07, 6.45) is 15.0. The molecule has 0 spiro atoms. The largest absolute Gasteiger partial charge is 0.467 e.